The first-order chi connectivity index (χ1) is 15.9. The number of hydrogen-bond acceptors (Lipinski definition) is 7. The van der Waals surface area contributed by atoms with Crippen molar-refractivity contribution < 1.29 is 4.79 Å². The van der Waals surface area contributed by atoms with Crippen molar-refractivity contribution in [1.29, 1.82) is 0 Å². The SMILES string of the molecule is CNC(=O)[C@]1(C)CC[C@@H](Nc2ncc3c(Br)nn(-c4ccc(-c5cnc(C)s5)cc4)c3n2)C1. The topological polar surface area (TPSA) is 97.6 Å². The van der Waals surface area contributed by atoms with E-state index in [0.717, 1.165) is 45.8 Å². The number of thiazole rings is 1. The maximum absolute atomic E-state index is 12.2. The Morgan fingerprint density at radius 3 is 2.73 bits per heavy atom. The lowest BCUT2D eigenvalue weighted by molar-refractivity contribution is -0.129. The Labute approximate surface area is 204 Å². The number of carbonyl (C=O) groups excluding carboxylic acids is 1. The van der Waals surface area contributed by atoms with Crippen molar-refractivity contribution in [2.24, 2.45) is 5.41 Å². The van der Waals surface area contributed by atoms with E-state index in [1.807, 2.05) is 36.9 Å². The van der Waals surface area contributed by atoms with Gasteiger partial charge in [-0.15, -0.1) is 11.3 Å². The van der Waals surface area contributed by atoms with E-state index >= 15 is 0 Å². The molecule has 2 atom stereocenters. The van der Waals surface area contributed by atoms with E-state index in [-0.39, 0.29) is 17.4 Å². The number of nitrogens with zero attached hydrogens (tertiary/aromatic N) is 5. The van der Waals surface area contributed by atoms with Crippen molar-refractivity contribution in [1.82, 2.24) is 30.0 Å². The minimum absolute atomic E-state index is 0.0853. The van der Waals surface area contributed by atoms with Crippen LogP contribution in [0.5, 0.6) is 0 Å². The summed E-state index contributed by atoms with van der Waals surface area (Å²) < 4.78 is 2.51. The van der Waals surface area contributed by atoms with Crippen LogP contribution in [0.25, 0.3) is 27.2 Å². The zero-order chi connectivity index (χ0) is 23.2. The zero-order valence-corrected chi connectivity index (χ0v) is 21.0. The number of amides is 1. The number of rotatable bonds is 5. The first-order valence-corrected chi connectivity index (χ1v) is 12.4. The molecule has 2 N–H and O–H groups in total. The van der Waals surface area contributed by atoms with Crippen LogP contribution in [0.15, 0.2) is 41.3 Å². The molecule has 0 unspecified atom stereocenters. The molecule has 1 aliphatic rings. The Hall–Kier alpha value is -2.85. The van der Waals surface area contributed by atoms with Crippen LogP contribution in [0.1, 0.15) is 31.2 Å². The lowest BCUT2D eigenvalue weighted by Crippen LogP contribution is -2.35. The van der Waals surface area contributed by atoms with Crippen molar-refractivity contribution in [3.05, 3.63) is 46.3 Å². The summed E-state index contributed by atoms with van der Waals surface area (Å²) in [5.74, 6) is 0.626. The van der Waals surface area contributed by atoms with Crippen LogP contribution in [0.4, 0.5) is 5.95 Å². The summed E-state index contributed by atoms with van der Waals surface area (Å²) >= 11 is 5.21. The average Bonchev–Trinajstić information content (AvgIpc) is 3.51. The summed E-state index contributed by atoms with van der Waals surface area (Å²) in [6, 6.07) is 8.35. The molecule has 8 nitrogen and oxygen atoms in total. The van der Waals surface area contributed by atoms with E-state index in [4.69, 9.17) is 4.98 Å². The molecule has 10 heteroatoms. The molecule has 5 rings (SSSR count). The number of aromatic nitrogens is 5. The highest BCUT2D eigenvalue weighted by atomic mass is 79.9. The highest BCUT2D eigenvalue weighted by Gasteiger charge is 2.40. The van der Waals surface area contributed by atoms with E-state index in [0.29, 0.717) is 16.2 Å². The molecular weight excluding hydrogens is 502 g/mol. The van der Waals surface area contributed by atoms with E-state index in [1.54, 1.807) is 24.6 Å². The first kappa shape index (κ1) is 22.0. The fourth-order valence-corrected chi connectivity index (χ4v) is 5.66. The van der Waals surface area contributed by atoms with Gasteiger partial charge < -0.3 is 10.6 Å². The van der Waals surface area contributed by atoms with Crippen LogP contribution in [-0.4, -0.2) is 43.7 Å². The summed E-state index contributed by atoms with van der Waals surface area (Å²) in [5.41, 5.74) is 2.39. The average molecular weight is 526 g/mol. The summed E-state index contributed by atoms with van der Waals surface area (Å²) in [6.07, 6.45) is 6.15. The van der Waals surface area contributed by atoms with Gasteiger partial charge in [-0.3, -0.25) is 4.79 Å². The summed E-state index contributed by atoms with van der Waals surface area (Å²) in [7, 11) is 1.69. The molecule has 1 aromatic carbocycles. The molecule has 1 aliphatic carbocycles. The molecule has 170 valence electrons. The molecule has 0 saturated heterocycles. The predicted octanol–water partition coefficient (Wildman–Crippen LogP) is 4.73. The molecule has 0 bridgehead atoms. The molecule has 1 saturated carbocycles. The second-order valence-electron chi connectivity index (χ2n) is 8.65. The number of carbonyl (C=O) groups is 1. The van der Waals surface area contributed by atoms with Crippen LogP contribution < -0.4 is 10.6 Å². The van der Waals surface area contributed by atoms with Gasteiger partial charge in [0, 0.05) is 30.9 Å². The summed E-state index contributed by atoms with van der Waals surface area (Å²) in [6.45, 7) is 4.02. The lowest BCUT2D eigenvalue weighted by atomic mass is 9.87. The number of aryl methyl sites for hydroxylation is 1. The van der Waals surface area contributed by atoms with Crippen LogP contribution in [-0.2, 0) is 4.79 Å². The molecule has 3 aromatic heterocycles. The second kappa shape index (κ2) is 8.49. The predicted molar refractivity (Wildman–Crippen MR) is 134 cm³/mol. The van der Waals surface area contributed by atoms with Crippen molar-refractivity contribution >= 4 is 50.2 Å². The Morgan fingerprint density at radius 2 is 2.03 bits per heavy atom. The van der Waals surface area contributed by atoms with Gasteiger partial charge in [0.1, 0.15) is 4.60 Å². The molecular formula is C23H24BrN7OS. The number of halogens is 1. The number of fused-ring (bicyclic) bond motifs is 1. The zero-order valence-electron chi connectivity index (χ0n) is 18.6. The third kappa shape index (κ3) is 4.13. The minimum atomic E-state index is -0.361. The maximum atomic E-state index is 12.2. The highest BCUT2D eigenvalue weighted by molar-refractivity contribution is 9.10. The maximum Gasteiger partial charge on any atom is 0.225 e. The van der Waals surface area contributed by atoms with E-state index in [9.17, 15) is 4.79 Å². The van der Waals surface area contributed by atoms with Gasteiger partial charge in [0.05, 0.1) is 21.0 Å². The summed E-state index contributed by atoms with van der Waals surface area (Å²) in [5, 5.41) is 12.7. The molecule has 1 fully saturated rings. The number of benzene rings is 1. The fraction of sp³-hybridized carbons (Fsp3) is 0.348. The van der Waals surface area contributed by atoms with Crippen molar-refractivity contribution in [3.8, 4) is 16.1 Å². The van der Waals surface area contributed by atoms with Crippen LogP contribution in [0, 0.1) is 12.3 Å². The third-order valence-electron chi connectivity index (χ3n) is 6.25. The molecule has 4 aromatic rings. The quantitative estimate of drug-likeness (QED) is 0.391. The largest absolute Gasteiger partial charge is 0.359 e. The van der Waals surface area contributed by atoms with E-state index in [1.165, 1.54) is 0 Å². The van der Waals surface area contributed by atoms with Crippen LogP contribution in [0.2, 0.25) is 0 Å². The smallest absolute Gasteiger partial charge is 0.225 e. The third-order valence-corrected chi connectivity index (χ3v) is 7.79. The normalized spacial score (nSPS) is 20.3. The Morgan fingerprint density at radius 1 is 1.24 bits per heavy atom. The Balaban J connectivity index is 1.42. The first-order valence-electron chi connectivity index (χ1n) is 10.8. The van der Waals surface area contributed by atoms with Gasteiger partial charge in [-0.2, -0.15) is 10.1 Å². The number of hydrogen-bond donors (Lipinski definition) is 2. The van der Waals surface area contributed by atoms with Gasteiger partial charge in [0.25, 0.3) is 0 Å². The molecule has 0 radical (unpaired) electrons. The molecule has 0 spiro atoms. The van der Waals surface area contributed by atoms with Crippen molar-refractivity contribution in [2.75, 3.05) is 12.4 Å². The molecule has 1 amide bonds. The van der Waals surface area contributed by atoms with Gasteiger partial charge in [0.2, 0.25) is 11.9 Å². The van der Waals surface area contributed by atoms with Crippen LogP contribution in [0.3, 0.4) is 0 Å². The highest BCUT2D eigenvalue weighted by Crippen LogP contribution is 2.39. The lowest BCUT2D eigenvalue weighted by Gasteiger charge is -2.22. The van der Waals surface area contributed by atoms with Gasteiger partial charge >= 0.3 is 0 Å². The van der Waals surface area contributed by atoms with Gasteiger partial charge in [-0.25, -0.2) is 14.6 Å². The summed E-state index contributed by atoms with van der Waals surface area (Å²) in [4.78, 5) is 27.0. The molecule has 0 aliphatic heterocycles. The van der Waals surface area contributed by atoms with Gasteiger partial charge in [-0.05, 0) is 59.8 Å². The molecule has 33 heavy (non-hydrogen) atoms. The van der Waals surface area contributed by atoms with Crippen molar-refractivity contribution in [3.63, 3.8) is 0 Å². The number of anilines is 1. The monoisotopic (exact) mass is 525 g/mol. The fourth-order valence-electron chi connectivity index (χ4n) is 4.43. The van der Waals surface area contributed by atoms with E-state index < -0.39 is 0 Å². The minimum Gasteiger partial charge on any atom is -0.359 e. The Kier molecular flexibility index (Phi) is 5.65. The number of nitrogens with one attached hydrogen (secondary N) is 2. The Bertz CT molecular complexity index is 1330. The standard InChI is InChI=1S/C23H24BrN7OS/c1-13-26-12-18(33-13)14-4-6-16(7-5-14)31-20-17(19(24)30-31)11-27-22(29-20)28-15-8-9-23(2,10-15)21(32)25-3/h4-7,11-12,15H,8-10H2,1-3H3,(H,25,32)(H,27,28,29)/t15-,23-/m1/s1. The van der Waals surface area contributed by atoms with Crippen LogP contribution >= 0.6 is 27.3 Å². The molecule has 3 heterocycles. The van der Waals surface area contributed by atoms with Gasteiger partial charge in [0.15, 0.2) is 5.65 Å². The van der Waals surface area contributed by atoms with Gasteiger partial charge in [-0.1, -0.05) is 19.1 Å². The van der Waals surface area contributed by atoms with E-state index in [2.05, 4.69) is 53.8 Å². The second-order valence-corrected chi connectivity index (χ2v) is 10.6. The van der Waals surface area contributed by atoms with Crippen molar-refractivity contribution in [2.45, 2.75) is 39.2 Å².